The fourth-order valence-corrected chi connectivity index (χ4v) is 1.63. The van der Waals surface area contributed by atoms with Crippen molar-refractivity contribution < 1.29 is 23.1 Å². The highest BCUT2D eigenvalue weighted by Gasteiger charge is 2.32. The predicted octanol–water partition coefficient (Wildman–Crippen LogP) is 1.55. The van der Waals surface area contributed by atoms with Gasteiger partial charge in [0.25, 0.3) is 0 Å². The van der Waals surface area contributed by atoms with E-state index in [9.17, 15) is 9.36 Å². The summed E-state index contributed by atoms with van der Waals surface area (Å²) in [7, 11) is -0.881. The molecule has 76 valence electrons. The lowest BCUT2D eigenvalue weighted by Crippen LogP contribution is -2.15. The van der Waals surface area contributed by atoms with E-state index in [0.717, 1.165) is 6.08 Å². The van der Waals surface area contributed by atoms with Crippen LogP contribution in [-0.2, 0) is 23.1 Å². The van der Waals surface area contributed by atoms with Crippen LogP contribution in [0.4, 0.5) is 0 Å². The smallest absolute Gasteiger partial charge is 0.370 e. The van der Waals surface area contributed by atoms with E-state index in [2.05, 4.69) is 20.4 Å². The van der Waals surface area contributed by atoms with Gasteiger partial charge in [0.15, 0.2) is 5.85 Å². The zero-order chi connectivity index (χ0) is 10.5. The van der Waals surface area contributed by atoms with Crippen molar-refractivity contribution in [1.29, 1.82) is 0 Å². The van der Waals surface area contributed by atoms with Crippen molar-refractivity contribution in [2.75, 3.05) is 14.2 Å². The minimum atomic E-state index is -3.33. The molecule has 13 heavy (non-hydrogen) atoms. The third-order valence-electron chi connectivity index (χ3n) is 1.41. The summed E-state index contributed by atoms with van der Waals surface area (Å²) in [5.41, 5.74) is 0. The molecule has 0 heterocycles. The average Bonchev–Trinajstić information content (AvgIpc) is 2.16. The number of carbonyl (C=O) groups is 1. The van der Waals surface area contributed by atoms with Crippen LogP contribution < -0.4 is 0 Å². The van der Waals surface area contributed by atoms with Crippen molar-refractivity contribution in [1.82, 2.24) is 0 Å². The highest BCUT2D eigenvalue weighted by Crippen LogP contribution is 2.51. The van der Waals surface area contributed by atoms with E-state index >= 15 is 0 Å². The van der Waals surface area contributed by atoms with Gasteiger partial charge in [0.2, 0.25) is 0 Å². The van der Waals surface area contributed by atoms with Gasteiger partial charge in [-0.3, -0.25) is 4.57 Å². The first-order valence-electron chi connectivity index (χ1n) is 3.54. The molecule has 0 N–H and O–H groups in total. The molecule has 0 saturated carbocycles. The predicted molar refractivity (Wildman–Crippen MR) is 47.4 cm³/mol. The molecule has 0 aromatic carbocycles. The maximum Gasteiger partial charge on any atom is 0.370 e. The van der Waals surface area contributed by atoms with E-state index in [1.54, 1.807) is 0 Å². The first-order valence-corrected chi connectivity index (χ1v) is 5.15. The summed E-state index contributed by atoms with van der Waals surface area (Å²) in [5.74, 6) is -1.60. The Labute approximate surface area is 77.2 Å². The monoisotopic (exact) mass is 208 g/mol. The molecule has 0 aromatic rings. The van der Waals surface area contributed by atoms with Crippen molar-refractivity contribution >= 4 is 13.6 Å². The largest absolute Gasteiger partial charge is 0.447 e. The number of rotatable bonds is 5. The highest BCUT2D eigenvalue weighted by atomic mass is 31.2. The molecule has 5 nitrogen and oxygen atoms in total. The van der Waals surface area contributed by atoms with Gasteiger partial charge >= 0.3 is 13.6 Å². The fraction of sp³-hybridized carbons (Fsp3) is 0.571. The number of carbonyl (C=O) groups excluding carboxylic acids is 1. The zero-order valence-corrected chi connectivity index (χ0v) is 8.74. The standard InChI is InChI=1S/C7H13O5P/c1-5-7(8)12-6(2)13(9,10-3)11-4/h5-6H,1H2,2-4H3. The second kappa shape index (κ2) is 5.17. The second-order valence-corrected chi connectivity index (χ2v) is 4.68. The molecule has 0 amide bonds. The summed E-state index contributed by atoms with van der Waals surface area (Å²) < 4.78 is 25.5. The van der Waals surface area contributed by atoms with Gasteiger partial charge < -0.3 is 13.8 Å². The lowest BCUT2D eigenvalue weighted by molar-refractivity contribution is -0.139. The van der Waals surface area contributed by atoms with E-state index in [4.69, 9.17) is 0 Å². The molecule has 1 atom stereocenters. The number of esters is 1. The molecule has 0 rings (SSSR count). The number of ether oxygens (including phenoxy) is 1. The van der Waals surface area contributed by atoms with E-state index < -0.39 is 19.4 Å². The van der Waals surface area contributed by atoms with Crippen LogP contribution in [0.3, 0.4) is 0 Å². The zero-order valence-electron chi connectivity index (χ0n) is 7.85. The highest BCUT2D eigenvalue weighted by molar-refractivity contribution is 7.54. The summed E-state index contributed by atoms with van der Waals surface area (Å²) in [6.45, 7) is 4.63. The molecule has 0 aromatic heterocycles. The third kappa shape index (κ3) is 3.30. The molecule has 0 aliphatic heterocycles. The molecule has 0 spiro atoms. The molecule has 0 bridgehead atoms. The summed E-state index contributed by atoms with van der Waals surface area (Å²) in [6.07, 6.45) is 0.978. The summed E-state index contributed by atoms with van der Waals surface area (Å²) in [4.78, 5) is 10.7. The van der Waals surface area contributed by atoms with Crippen LogP contribution >= 0.6 is 7.60 Å². The van der Waals surface area contributed by atoms with Gasteiger partial charge in [0.1, 0.15) is 0 Å². The first-order chi connectivity index (χ1) is 6.00. The van der Waals surface area contributed by atoms with E-state index in [1.807, 2.05) is 0 Å². The molecule has 1 unspecified atom stereocenters. The molecule has 0 saturated heterocycles. The normalized spacial score (nSPS) is 13.5. The maximum atomic E-state index is 11.5. The SMILES string of the molecule is C=CC(=O)OC(C)P(=O)(OC)OC. The van der Waals surface area contributed by atoms with Crippen LogP contribution in [-0.4, -0.2) is 26.0 Å². The third-order valence-corrected chi connectivity index (χ3v) is 3.42. The van der Waals surface area contributed by atoms with Crippen LogP contribution in [0.5, 0.6) is 0 Å². The Kier molecular flexibility index (Phi) is 4.91. The van der Waals surface area contributed by atoms with Gasteiger partial charge in [-0.25, -0.2) is 4.79 Å². The van der Waals surface area contributed by atoms with E-state index in [-0.39, 0.29) is 0 Å². The molecule has 6 heteroatoms. The van der Waals surface area contributed by atoms with E-state index in [0.29, 0.717) is 0 Å². The summed E-state index contributed by atoms with van der Waals surface area (Å²) >= 11 is 0. The molecule has 0 aliphatic rings. The Hall–Kier alpha value is -0.640. The molecular weight excluding hydrogens is 195 g/mol. The van der Waals surface area contributed by atoms with Crippen molar-refractivity contribution in [3.8, 4) is 0 Å². The Morgan fingerprint density at radius 1 is 1.46 bits per heavy atom. The Bertz CT molecular complexity index is 229. The number of hydrogen-bond acceptors (Lipinski definition) is 5. The quantitative estimate of drug-likeness (QED) is 0.389. The Morgan fingerprint density at radius 3 is 2.23 bits per heavy atom. The maximum absolute atomic E-state index is 11.5. The van der Waals surface area contributed by atoms with Gasteiger partial charge in [-0.05, 0) is 6.92 Å². The number of hydrogen-bond donors (Lipinski definition) is 0. The van der Waals surface area contributed by atoms with E-state index in [1.165, 1.54) is 21.1 Å². The molecular formula is C7H13O5P. The lowest BCUT2D eigenvalue weighted by atomic mass is 10.6. The van der Waals surface area contributed by atoms with Crippen molar-refractivity contribution in [3.63, 3.8) is 0 Å². The van der Waals surface area contributed by atoms with Crippen LogP contribution in [0.2, 0.25) is 0 Å². The van der Waals surface area contributed by atoms with Crippen LogP contribution in [0.25, 0.3) is 0 Å². The minimum Gasteiger partial charge on any atom is -0.447 e. The summed E-state index contributed by atoms with van der Waals surface area (Å²) in [6, 6.07) is 0. The van der Waals surface area contributed by atoms with Gasteiger partial charge in [-0.15, -0.1) is 0 Å². The van der Waals surface area contributed by atoms with Crippen LogP contribution in [0.15, 0.2) is 12.7 Å². The van der Waals surface area contributed by atoms with Crippen LogP contribution in [0, 0.1) is 0 Å². The van der Waals surface area contributed by atoms with Gasteiger partial charge in [0.05, 0.1) is 0 Å². The van der Waals surface area contributed by atoms with Crippen molar-refractivity contribution in [2.45, 2.75) is 12.8 Å². The topological polar surface area (TPSA) is 61.8 Å². The average molecular weight is 208 g/mol. The Balaban J connectivity index is 4.39. The van der Waals surface area contributed by atoms with Gasteiger partial charge in [-0.2, -0.15) is 0 Å². The fourth-order valence-electron chi connectivity index (χ4n) is 0.652. The molecule has 0 fully saturated rings. The molecule has 0 aliphatic carbocycles. The first kappa shape index (κ1) is 12.4. The Morgan fingerprint density at radius 2 is 1.92 bits per heavy atom. The minimum absolute atomic E-state index is 0.665. The van der Waals surface area contributed by atoms with Gasteiger partial charge in [0, 0.05) is 20.3 Å². The lowest BCUT2D eigenvalue weighted by Gasteiger charge is -2.19. The van der Waals surface area contributed by atoms with Crippen LogP contribution in [0.1, 0.15) is 6.92 Å². The van der Waals surface area contributed by atoms with Gasteiger partial charge in [-0.1, -0.05) is 6.58 Å². The molecule has 0 radical (unpaired) electrons. The summed E-state index contributed by atoms with van der Waals surface area (Å²) in [5, 5.41) is 0. The van der Waals surface area contributed by atoms with Crippen molar-refractivity contribution in [2.24, 2.45) is 0 Å². The second-order valence-electron chi connectivity index (χ2n) is 2.15. The van der Waals surface area contributed by atoms with Crippen molar-refractivity contribution in [3.05, 3.63) is 12.7 Å².